The maximum absolute atomic E-state index is 3.51. The van der Waals surface area contributed by atoms with Crippen molar-refractivity contribution in [2.75, 3.05) is 18.8 Å². The van der Waals surface area contributed by atoms with Gasteiger partial charge in [-0.25, -0.2) is 0 Å². The number of nitrogens with one attached hydrogen (secondary N) is 1. The Morgan fingerprint density at radius 3 is 2.79 bits per heavy atom. The third-order valence-electron chi connectivity index (χ3n) is 3.04. The van der Waals surface area contributed by atoms with Gasteiger partial charge >= 0.3 is 0 Å². The number of hydrogen-bond donors (Lipinski definition) is 1. The molecule has 2 rings (SSSR count). The predicted octanol–water partition coefficient (Wildman–Crippen LogP) is 4.29. The van der Waals surface area contributed by atoms with Gasteiger partial charge < -0.3 is 5.32 Å². The van der Waals surface area contributed by atoms with E-state index in [9.17, 15) is 0 Å². The van der Waals surface area contributed by atoms with E-state index in [0.29, 0.717) is 0 Å². The van der Waals surface area contributed by atoms with Gasteiger partial charge in [0.15, 0.2) is 0 Å². The van der Waals surface area contributed by atoms with E-state index >= 15 is 0 Å². The van der Waals surface area contributed by atoms with Crippen molar-refractivity contribution in [3.05, 3.63) is 51.7 Å². The van der Waals surface area contributed by atoms with Gasteiger partial charge in [-0.2, -0.15) is 11.3 Å². The lowest BCUT2D eigenvalue weighted by molar-refractivity contribution is 0.722. The van der Waals surface area contributed by atoms with E-state index in [1.807, 2.05) is 11.8 Å². The molecule has 19 heavy (non-hydrogen) atoms. The van der Waals surface area contributed by atoms with E-state index in [1.54, 1.807) is 11.3 Å². The summed E-state index contributed by atoms with van der Waals surface area (Å²) in [6, 6.07) is 8.89. The Morgan fingerprint density at radius 2 is 2.05 bits per heavy atom. The second-order valence-corrected chi connectivity index (χ2v) is 6.67. The molecule has 0 fully saturated rings. The molecule has 1 aromatic heterocycles. The molecule has 0 aliphatic rings. The first-order valence-corrected chi connectivity index (χ1v) is 8.60. The topological polar surface area (TPSA) is 12.0 Å². The van der Waals surface area contributed by atoms with Crippen molar-refractivity contribution in [1.29, 1.82) is 0 Å². The molecule has 1 nitrogen and oxygen atoms in total. The van der Waals surface area contributed by atoms with Crippen LogP contribution in [-0.2, 0) is 6.42 Å². The SMILES string of the molecule is Cc1ccc(SCCNCCc2ccsc2)c(C)c1. The van der Waals surface area contributed by atoms with Crippen molar-refractivity contribution in [1.82, 2.24) is 5.32 Å². The van der Waals surface area contributed by atoms with Crippen LogP contribution in [0, 0.1) is 13.8 Å². The van der Waals surface area contributed by atoms with Crippen molar-refractivity contribution in [2.45, 2.75) is 25.2 Å². The number of thioether (sulfide) groups is 1. The van der Waals surface area contributed by atoms with Crippen molar-refractivity contribution in [3.8, 4) is 0 Å². The van der Waals surface area contributed by atoms with E-state index < -0.39 is 0 Å². The van der Waals surface area contributed by atoms with Crippen LogP contribution < -0.4 is 5.32 Å². The fourth-order valence-electron chi connectivity index (χ4n) is 1.99. The van der Waals surface area contributed by atoms with E-state index in [4.69, 9.17) is 0 Å². The molecule has 0 amide bonds. The predicted molar refractivity (Wildman–Crippen MR) is 87.5 cm³/mol. The van der Waals surface area contributed by atoms with Gasteiger partial charge in [0.25, 0.3) is 0 Å². The maximum Gasteiger partial charge on any atom is 0.0106 e. The molecule has 3 heteroatoms. The van der Waals surface area contributed by atoms with Gasteiger partial charge in [-0.15, -0.1) is 11.8 Å². The molecule has 1 N–H and O–H groups in total. The van der Waals surface area contributed by atoms with Gasteiger partial charge in [-0.05, 0) is 60.8 Å². The second kappa shape index (κ2) is 7.73. The van der Waals surface area contributed by atoms with Crippen LogP contribution in [0.4, 0.5) is 0 Å². The summed E-state index contributed by atoms with van der Waals surface area (Å²) in [6.07, 6.45) is 1.14. The van der Waals surface area contributed by atoms with Crippen LogP contribution in [0.25, 0.3) is 0 Å². The summed E-state index contributed by atoms with van der Waals surface area (Å²) in [6.45, 7) is 6.49. The number of rotatable bonds is 7. The molecule has 0 bridgehead atoms. The maximum atomic E-state index is 3.51. The van der Waals surface area contributed by atoms with Gasteiger partial charge in [0.1, 0.15) is 0 Å². The van der Waals surface area contributed by atoms with E-state index in [0.717, 1.165) is 25.3 Å². The average molecular weight is 291 g/mol. The van der Waals surface area contributed by atoms with E-state index in [1.165, 1.54) is 21.6 Å². The highest BCUT2D eigenvalue weighted by Crippen LogP contribution is 2.22. The molecule has 0 spiro atoms. The number of benzene rings is 1. The number of aryl methyl sites for hydroxylation is 2. The molecule has 0 atom stereocenters. The Labute approximate surface area is 124 Å². The summed E-state index contributed by atoms with van der Waals surface area (Å²) in [5.74, 6) is 1.13. The van der Waals surface area contributed by atoms with Gasteiger partial charge in [0, 0.05) is 17.2 Å². The highest BCUT2D eigenvalue weighted by molar-refractivity contribution is 7.99. The van der Waals surface area contributed by atoms with Crippen molar-refractivity contribution < 1.29 is 0 Å². The van der Waals surface area contributed by atoms with Crippen LogP contribution in [-0.4, -0.2) is 18.8 Å². The molecular formula is C16H21NS2. The molecule has 0 saturated heterocycles. The third kappa shape index (κ3) is 5.01. The van der Waals surface area contributed by atoms with Crippen molar-refractivity contribution in [2.24, 2.45) is 0 Å². The second-order valence-electron chi connectivity index (χ2n) is 4.75. The zero-order valence-electron chi connectivity index (χ0n) is 11.6. The number of hydrogen-bond acceptors (Lipinski definition) is 3. The fraction of sp³-hybridized carbons (Fsp3) is 0.375. The first-order chi connectivity index (χ1) is 9.25. The standard InChI is InChI=1S/C16H21NS2/c1-13-3-4-16(14(2)11-13)19-10-8-17-7-5-15-6-9-18-12-15/h3-4,6,9,11-12,17H,5,7-8,10H2,1-2H3. The van der Waals surface area contributed by atoms with Gasteiger partial charge in [-0.1, -0.05) is 17.7 Å². The van der Waals surface area contributed by atoms with Crippen LogP contribution in [0.5, 0.6) is 0 Å². The summed E-state index contributed by atoms with van der Waals surface area (Å²) in [4.78, 5) is 1.41. The van der Waals surface area contributed by atoms with Crippen LogP contribution >= 0.6 is 23.1 Å². The van der Waals surface area contributed by atoms with Crippen LogP contribution in [0.1, 0.15) is 16.7 Å². The van der Waals surface area contributed by atoms with Gasteiger partial charge in [0.05, 0.1) is 0 Å². The fourth-order valence-corrected chi connectivity index (χ4v) is 3.61. The molecule has 0 unspecified atom stereocenters. The van der Waals surface area contributed by atoms with Crippen LogP contribution in [0.2, 0.25) is 0 Å². The average Bonchev–Trinajstić information content (AvgIpc) is 2.89. The van der Waals surface area contributed by atoms with Gasteiger partial charge in [-0.3, -0.25) is 0 Å². The molecular weight excluding hydrogens is 270 g/mol. The summed E-state index contributed by atoms with van der Waals surface area (Å²) >= 11 is 3.72. The lowest BCUT2D eigenvalue weighted by Crippen LogP contribution is -2.19. The summed E-state index contributed by atoms with van der Waals surface area (Å²) < 4.78 is 0. The number of thiophene rings is 1. The molecule has 0 saturated carbocycles. The monoisotopic (exact) mass is 291 g/mol. The normalized spacial score (nSPS) is 10.8. The van der Waals surface area contributed by atoms with E-state index in [2.05, 4.69) is 54.2 Å². The lowest BCUT2D eigenvalue weighted by atomic mass is 10.2. The summed E-state index contributed by atoms with van der Waals surface area (Å²) in [5.41, 5.74) is 4.18. The Hall–Kier alpha value is -0.770. The van der Waals surface area contributed by atoms with Crippen molar-refractivity contribution in [3.63, 3.8) is 0 Å². The summed E-state index contributed by atoms with van der Waals surface area (Å²) in [7, 11) is 0. The van der Waals surface area contributed by atoms with Gasteiger partial charge in [0.2, 0.25) is 0 Å². The largest absolute Gasteiger partial charge is 0.316 e. The smallest absolute Gasteiger partial charge is 0.0106 e. The molecule has 1 heterocycles. The first-order valence-electron chi connectivity index (χ1n) is 6.67. The quantitative estimate of drug-likeness (QED) is 0.603. The van der Waals surface area contributed by atoms with Crippen LogP contribution in [0.3, 0.4) is 0 Å². The zero-order valence-corrected chi connectivity index (χ0v) is 13.2. The molecule has 0 radical (unpaired) electrons. The lowest BCUT2D eigenvalue weighted by Gasteiger charge is -2.07. The Morgan fingerprint density at radius 1 is 1.16 bits per heavy atom. The molecule has 102 valence electrons. The minimum Gasteiger partial charge on any atom is -0.316 e. The molecule has 2 aromatic rings. The first kappa shape index (κ1) is 14.6. The minimum absolute atomic E-state index is 1.07. The molecule has 0 aliphatic carbocycles. The Bertz CT molecular complexity index is 491. The van der Waals surface area contributed by atoms with Crippen LogP contribution in [0.15, 0.2) is 39.9 Å². The highest BCUT2D eigenvalue weighted by atomic mass is 32.2. The van der Waals surface area contributed by atoms with Crippen molar-refractivity contribution >= 4 is 23.1 Å². The molecule has 0 aliphatic heterocycles. The minimum atomic E-state index is 1.07. The zero-order chi connectivity index (χ0) is 13.5. The highest BCUT2D eigenvalue weighted by Gasteiger charge is 1.99. The Kier molecular flexibility index (Phi) is 5.95. The third-order valence-corrected chi connectivity index (χ3v) is 4.95. The summed E-state index contributed by atoms with van der Waals surface area (Å²) in [5, 5.41) is 7.88. The molecule has 1 aromatic carbocycles. The van der Waals surface area contributed by atoms with E-state index in [-0.39, 0.29) is 0 Å². The Balaban J connectivity index is 1.61.